The molecule has 5 nitrogen and oxygen atoms in total. The van der Waals surface area contributed by atoms with Gasteiger partial charge in [0, 0.05) is 30.2 Å². The molecule has 3 aromatic rings. The zero-order valence-electron chi connectivity index (χ0n) is 17.7. The summed E-state index contributed by atoms with van der Waals surface area (Å²) in [4.78, 5) is 15.1. The maximum absolute atomic E-state index is 12.8. The first-order valence-corrected chi connectivity index (χ1v) is 11.3. The number of hydrogen-bond donors (Lipinski definition) is 1. The minimum atomic E-state index is 0.0360. The molecule has 164 valence electrons. The molecule has 0 saturated carbocycles. The van der Waals surface area contributed by atoms with Crippen LogP contribution in [0.15, 0.2) is 66.7 Å². The summed E-state index contributed by atoms with van der Waals surface area (Å²) in [6.07, 6.45) is 1.86. The molecule has 0 fully saturated rings. The van der Waals surface area contributed by atoms with Gasteiger partial charge in [-0.2, -0.15) is 0 Å². The van der Waals surface area contributed by atoms with E-state index in [0.717, 1.165) is 41.6 Å². The second-order valence-electron chi connectivity index (χ2n) is 8.30. The number of halogens is 1. The molecule has 0 radical (unpaired) electrons. The van der Waals surface area contributed by atoms with Gasteiger partial charge in [-0.25, -0.2) is 0 Å². The maximum Gasteiger partial charge on any atom is 0.231 e. The van der Waals surface area contributed by atoms with Crippen LogP contribution in [-0.4, -0.2) is 25.3 Å². The van der Waals surface area contributed by atoms with Crippen LogP contribution in [0.4, 0.5) is 5.69 Å². The normalized spacial score (nSPS) is 16.5. The molecule has 0 aliphatic carbocycles. The molecule has 2 aliphatic heterocycles. The van der Waals surface area contributed by atoms with E-state index in [1.54, 1.807) is 0 Å². The van der Waals surface area contributed by atoms with Gasteiger partial charge >= 0.3 is 0 Å². The van der Waals surface area contributed by atoms with Crippen LogP contribution in [0, 0.1) is 0 Å². The molecular formula is C26H25ClN2O3. The quantitative estimate of drug-likeness (QED) is 0.591. The fourth-order valence-electron chi connectivity index (χ4n) is 4.42. The van der Waals surface area contributed by atoms with Gasteiger partial charge in [-0.3, -0.25) is 4.79 Å². The fraction of sp³-hybridized carbons (Fsp3) is 0.269. The first-order valence-electron chi connectivity index (χ1n) is 10.9. The zero-order valence-corrected chi connectivity index (χ0v) is 18.5. The molecular weight excluding hydrogens is 424 g/mol. The fourth-order valence-corrected chi connectivity index (χ4v) is 4.62. The Hall–Kier alpha value is -3.18. The molecule has 1 unspecified atom stereocenters. The third-order valence-corrected chi connectivity index (χ3v) is 6.18. The predicted octanol–water partition coefficient (Wildman–Crippen LogP) is 4.75. The summed E-state index contributed by atoms with van der Waals surface area (Å²) in [6, 6.07) is 22.3. The first kappa shape index (κ1) is 20.7. The molecule has 32 heavy (non-hydrogen) atoms. The van der Waals surface area contributed by atoms with Crippen LogP contribution in [-0.2, 0) is 24.2 Å². The second-order valence-corrected chi connectivity index (χ2v) is 8.73. The highest BCUT2D eigenvalue weighted by Gasteiger charge is 2.26. The van der Waals surface area contributed by atoms with Crippen molar-refractivity contribution in [1.29, 1.82) is 0 Å². The Morgan fingerprint density at radius 2 is 1.84 bits per heavy atom. The van der Waals surface area contributed by atoms with Gasteiger partial charge < -0.3 is 19.7 Å². The number of fused-ring (bicyclic) bond motifs is 2. The molecule has 0 spiro atoms. The number of carbonyl (C=O) groups excluding carboxylic acids is 1. The summed E-state index contributed by atoms with van der Waals surface area (Å²) in [7, 11) is 0. The highest BCUT2D eigenvalue weighted by Crippen LogP contribution is 2.33. The molecule has 2 aliphatic rings. The minimum Gasteiger partial charge on any atom is -0.454 e. The Kier molecular flexibility index (Phi) is 5.91. The summed E-state index contributed by atoms with van der Waals surface area (Å²) in [5.74, 6) is 1.56. The monoisotopic (exact) mass is 448 g/mol. The average molecular weight is 449 g/mol. The van der Waals surface area contributed by atoms with Gasteiger partial charge in [0.1, 0.15) is 0 Å². The lowest BCUT2D eigenvalue weighted by Gasteiger charge is -2.36. The van der Waals surface area contributed by atoms with Gasteiger partial charge in [0.25, 0.3) is 0 Å². The standard InChI is InChI=1S/C26H25ClN2O3/c27-21-8-9-23-20(13-21)14-22(16-29(23)15-19-4-2-1-3-5-19)28-26(30)11-7-18-6-10-24-25(12-18)32-17-31-24/h1-6,8-10,12-13,22H,7,11,14-17H2,(H,28,30). The van der Waals surface area contributed by atoms with Crippen molar-refractivity contribution in [3.63, 3.8) is 0 Å². The molecule has 0 saturated heterocycles. The Bertz CT molecular complexity index is 1120. The van der Waals surface area contributed by atoms with E-state index in [1.807, 2.05) is 36.4 Å². The Morgan fingerprint density at radius 1 is 1.00 bits per heavy atom. The van der Waals surface area contributed by atoms with Crippen molar-refractivity contribution in [3.05, 3.63) is 88.4 Å². The van der Waals surface area contributed by atoms with Crippen molar-refractivity contribution in [2.45, 2.75) is 31.8 Å². The van der Waals surface area contributed by atoms with E-state index < -0.39 is 0 Å². The van der Waals surface area contributed by atoms with Crippen molar-refractivity contribution >= 4 is 23.2 Å². The third kappa shape index (κ3) is 4.68. The highest BCUT2D eigenvalue weighted by atomic mass is 35.5. The summed E-state index contributed by atoms with van der Waals surface area (Å²) >= 11 is 6.27. The van der Waals surface area contributed by atoms with E-state index in [4.69, 9.17) is 21.1 Å². The number of anilines is 1. The van der Waals surface area contributed by atoms with E-state index in [2.05, 4.69) is 40.5 Å². The van der Waals surface area contributed by atoms with Crippen LogP contribution in [0.3, 0.4) is 0 Å². The SMILES string of the molecule is O=C(CCc1ccc2c(c1)OCO2)NC1Cc2cc(Cl)ccc2N(Cc2ccccc2)C1. The van der Waals surface area contributed by atoms with Gasteiger partial charge in [-0.05, 0) is 59.9 Å². The lowest BCUT2D eigenvalue weighted by Crippen LogP contribution is -2.48. The summed E-state index contributed by atoms with van der Waals surface area (Å²) in [5.41, 5.74) is 4.66. The number of rotatable bonds is 6. The Labute approximate surface area is 192 Å². The smallest absolute Gasteiger partial charge is 0.231 e. The van der Waals surface area contributed by atoms with Gasteiger partial charge in [0.05, 0.1) is 6.04 Å². The number of hydrogen-bond acceptors (Lipinski definition) is 4. The van der Waals surface area contributed by atoms with E-state index in [1.165, 1.54) is 16.8 Å². The molecule has 3 aromatic carbocycles. The van der Waals surface area contributed by atoms with Crippen LogP contribution in [0.5, 0.6) is 11.5 Å². The Morgan fingerprint density at radius 3 is 2.72 bits per heavy atom. The summed E-state index contributed by atoms with van der Waals surface area (Å²) in [5, 5.41) is 3.96. The topological polar surface area (TPSA) is 50.8 Å². The van der Waals surface area contributed by atoms with Gasteiger partial charge in [0.15, 0.2) is 11.5 Å². The Balaban J connectivity index is 1.24. The molecule has 1 N–H and O–H groups in total. The lowest BCUT2D eigenvalue weighted by molar-refractivity contribution is -0.121. The van der Waals surface area contributed by atoms with Crippen molar-refractivity contribution in [2.24, 2.45) is 0 Å². The number of ether oxygens (including phenoxy) is 2. The zero-order chi connectivity index (χ0) is 21.9. The largest absolute Gasteiger partial charge is 0.454 e. The van der Waals surface area contributed by atoms with Crippen molar-refractivity contribution in [3.8, 4) is 11.5 Å². The lowest BCUT2D eigenvalue weighted by atomic mass is 9.97. The van der Waals surface area contributed by atoms with E-state index in [9.17, 15) is 4.79 Å². The minimum absolute atomic E-state index is 0.0360. The molecule has 2 heterocycles. The number of amides is 1. The maximum atomic E-state index is 12.8. The predicted molar refractivity (Wildman–Crippen MR) is 125 cm³/mol. The second kappa shape index (κ2) is 9.13. The third-order valence-electron chi connectivity index (χ3n) is 5.95. The van der Waals surface area contributed by atoms with Crippen molar-refractivity contribution < 1.29 is 14.3 Å². The van der Waals surface area contributed by atoms with Gasteiger partial charge in [-0.1, -0.05) is 48.0 Å². The summed E-state index contributed by atoms with van der Waals surface area (Å²) in [6.45, 7) is 1.81. The van der Waals surface area contributed by atoms with Gasteiger partial charge in [0.2, 0.25) is 12.7 Å². The average Bonchev–Trinajstić information content (AvgIpc) is 3.26. The van der Waals surface area contributed by atoms with Crippen LogP contribution in [0.1, 0.15) is 23.1 Å². The number of nitrogens with one attached hydrogen (secondary N) is 1. The molecule has 1 atom stereocenters. The highest BCUT2D eigenvalue weighted by molar-refractivity contribution is 6.30. The van der Waals surface area contributed by atoms with Crippen LogP contribution in [0.2, 0.25) is 5.02 Å². The number of nitrogens with zero attached hydrogens (tertiary/aromatic N) is 1. The molecule has 6 heteroatoms. The van der Waals surface area contributed by atoms with Crippen LogP contribution in [0.25, 0.3) is 0 Å². The molecule has 1 amide bonds. The van der Waals surface area contributed by atoms with Crippen molar-refractivity contribution in [2.75, 3.05) is 18.2 Å². The van der Waals surface area contributed by atoms with E-state index in [0.29, 0.717) is 12.8 Å². The number of carbonyl (C=O) groups is 1. The van der Waals surface area contributed by atoms with Crippen molar-refractivity contribution in [1.82, 2.24) is 5.32 Å². The molecule has 0 bridgehead atoms. The first-order chi connectivity index (χ1) is 15.6. The molecule has 5 rings (SSSR count). The number of aryl methyl sites for hydroxylation is 1. The molecule has 0 aromatic heterocycles. The van der Waals surface area contributed by atoms with Gasteiger partial charge in [-0.15, -0.1) is 0 Å². The number of benzene rings is 3. The van der Waals surface area contributed by atoms with Crippen LogP contribution < -0.4 is 19.7 Å². The summed E-state index contributed by atoms with van der Waals surface area (Å²) < 4.78 is 10.8. The van der Waals surface area contributed by atoms with E-state index in [-0.39, 0.29) is 18.7 Å². The van der Waals surface area contributed by atoms with E-state index >= 15 is 0 Å². The van der Waals surface area contributed by atoms with Crippen LogP contribution >= 0.6 is 11.6 Å².